The van der Waals surface area contributed by atoms with Gasteiger partial charge >= 0.3 is 0 Å². The lowest BCUT2D eigenvalue weighted by Gasteiger charge is -2.34. The van der Waals surface area contributed by atoms with E-state index in [0.717, 1.165) is 35.9 Å². The zero-order valence-corrected chi connectivity index (χ0v) is 12.8. The highest BCUT2D eigenvalue weighted by Crippen LogP contribution is 2.31. The van der Waals surface area contributed by atoms with E-state index in [2.05, 4.69) is 26.1 Å². The van der Waals surface area contributed by atoms with Gasteiger partial charge in [-0.3, -0.25) is 0 Å². The molecule has 0 amide bonds. The molecule has 1 aromatic rings. The third kappa shape index (κ3) is 3.99. The van der Waals surface area contributed by atoms with Crippen molar-refractivity contribution >= 4 is 11.9 Å². The van der Waals surface area contributed by atoms with Crippen LogP contribution in [0.4, 0.5) is 5.69 Å². The molecule has 0 unspecified atom stereocenters. The first-order valence-electron chi connectivity index (χ1n) is 7.62. The van der Waals surface area contributed by atoms with E-state index in [-0.39, 0.29) is 0 Å². The molecule has 0 aromatic heterocycles. The average Bonchev–Trinajstić information content (AvgIpc) is 2.38. The summed E-state index contributed by atoms with van der Waals surface area (Å²) >= 11 is 0. The molecule has 3 nitrogen and oxygen atoms in total. The van der Waals surface area contributed by atoms with Crippen LogP contribution in [0.1, 0.15) is 45.6 Å². The lowest BCUT2D eigenvalue weighted by molar-refractivity contribution is 0.289. The van der Waals surface area contributed by atoms with Gasteiger partial charge in [-0.1, -0.05) is 20.8 Å². The molecule has 0 bridgehead atoms. The summed E-state index contributed by atoms with van der Waals surface area (Å²) in [6, 6.07) is 6.56. The fourth-order valence-electron chi connectivity index (χ4n) is 2.53. The van der Waals surface area contributed by atoms with Gasteiger partial charge in [-0.05, 0) is 49.3 Å². The predicted octanol–water partition coefficient (Wildman–Crippen LogP) is 4.32. The van der Waals surface area contributed by atoms with Crippen LogP contribution in [0.15, 0.2) is 18.2 Å². The first-order chi connectivity index (χ1) is 9.58. The van der Waals surface area contributed by atoms with E-state index in [1.54, 1.807) is 0 Å². The molecular formula is C17H26N2O. The first-order valence-corrected chi connectivity index (χ1v) is 7.62. The second kappa shape index (κ2) is 6.78. The molecule has 110 valence electrons. The van der Waals surface area contributed by atoms with E-state index in [1.807, 2.05) is 18.2 Å². The van der Waals surface area contributed by atoms with Crippen molar-refractivity contribution in [1.82, 2.24) is 0 Å². The summed E-state index contributed by atoms with van der Waals surface area (Å²) in [6.07, 6.45) is 4.91. The highest BCUT2D eigenvalue weighted by molar-refractivity contribution is 5.86. The van der Waals surface area contributed by atoms with E-state index in [4.69, 9.17) is 10.1 Å². The van der Waals surface area contributed by atoms with E-state index in [9.17, 15) is 0 Å². The van der Waals surface area contributed by atoms with Crippen LogP contribution in [-0.2, 0) is 0 Å². The van der Waals surface area contributed by atoms with Gasteiger partial charge in [0.25, 0.3) is 0 Å². The van der Waals surface area contributed by atoms with Crippen LogP contribution in [0.2, 0.25) is 0 Å². The van der Waals surface area contributed by atoms with Crippen molar-refractivity contribution < 1.29 is 4.74 Å². The molecule has 1 fully saturated rings. The standard InChI is InChI=1S/C17H26N2O/c1-12(2)6-7-20-16-4-5-17(14(10-16)11-18)19-15-8-13(3)9-15/h4-5,10-13,15,18-19H,6-9H2,1-3H3. The van der Waals surface area contributed by atoms with E-state index in [0.29, 0.717) is 12.0 Å². The lowest BCUT2D eigenvalue weighted by atomic mass is 9.81. The lowest BCUT2D eigenvalue weighted by Crippen LogP contribution is -2.34. The van der Waals surface area contributed by atoms with Crippen molar-refractivity contribution in [3.8, 4) is 5.75 Å². The Morgan fingerprint density at radius 2 is 2.15 bits per heavy atom. The number of nitrogens with one attached hydrogen (secondary N) is 2. The topological polar surface area (TPSA) is 45.1 Å². The SMILES string of the molecule is CC(C)CCOc1ccc(NC2CC(C)C2)c(C=N)c1. The fraction of sp³-hybridized carbons (Fsp3) is 0.588. The summed E-state index contributed by atoms with van der Waals surface area (Å²) in [4.78, 5) is 0. The Hall–Kier alpha value is -1.51. The van der Waals surface area contributed by atoms with Gasteiger partial charge in [-0.15, -0.1) is 0 Å². The Balaban J connectivity index is 1.94. The van der Waals surface area contributed by atoms with Crippen LogP contribution < -0.4 is 10.1 Å². The highest BCUT2D eigenvalue weighted by Gasteiger charge is 2.25. The molecule has 1 aromatic carbocycles. The maximum atomic E-state index is 7.56. The third-order valence-corrected chi connectivity index (χ3v) is 3.88. The molecule has 0 atom stereocenters. The second-order valence-corrected chi connectivity index (χ2v) is 6.34. The Morgan fingerprint density at radius 3 is 2.75 bits per heavy atom. The van der Waals surface area contributed by atoms with Crippen molar-refractivity contribution in [2.75, 3.05) is 11.9 Å². The molecule has 1 aliphatic rings. The molecule has 20 heavy (non-hydrogen) atoms. The Labute approximate surface area is 122 Å². The smallest absolute Gasteiger partial charge is 0.120 e. The largest absolute Gasteiger partial charge is 0.494 e. The van der Waals surface area contributed by atoms with Gasteiger partial charge < -0.3 is 15.5 Å². The van der Waals surface area contributed by atoms with Crippen LogP contribution >= 0.6 is 0 Å². The van der Waals surface area contributed by atoms with Crippen LogP contribution in [0.3, 0.4) is 0 Å². The normalized spacial score (nSPS) is 21.4. The molecule has 0 aliphatic heterocycles. The maximum Gasteiger partial charge on any atom is 0.120 e. The summed E-state index contributed by atoms with van der Waals surface area (Å²) in [7, 11) is 0. The molecule has 0 radical (unpaired) electrons. The Kier molecular flexibility index (Phi) is 5.05. The summed E-state index contributed by atoms with van der Waals surface area (Å²) in [6.45, 7) is 7.40. The zero-order valence-electron chi connectivity index (χ0n) is 12.8. The number of rotatable bonds is 7. The van der Waals surface area contributed by atoms with Gasteiger partial charge in [0.2, 0.25) is 0 Å². The van der Waals surface area contributed by atoms with E-state index in [1.165, 1.54) is 19.1 Å². The van der Waals surface area contributed by atoms with Crippen molar-refractivity contribution in [3.05, 3.63) is 23.8 Å². The van der Waals surface area contributed by atoms with Gasteiger partial charge in [0, 0.05) is 23.5 Å². The monoisotopic (exact) mass is 274 g/mol. The minimum Gasteiger partial charge on any atom is -0.494 e. The molecule has 3 heteroatoms. The summed E-state index contributed by atoms with van der Waals surface area (Å²) in [5.41, 5.74) is 1.96. The van der Waals surface area contributed by atoms with Crippen molar-refractivity contribution in [3.63, 3.8) is 0 Å². The van der Waals surface area contributed by atoms with Crippen LogP contribution in [0.5, 0.6) is 5.75 Å². The molecule has 1 saturated carbocycles. The quantitative estimate of drug-likeness (QED) is 0.727. The number of anilines is 1. The van der Waals surface area contributed by atoms with E-state index < -0.39 is 0 Å². The minimum atomic E-state index is 0.566. The first kappa shape index (κ1) is 14.9. The van der Waals surface area contributed by atoms with Crippen molar-refractivity contribution in [2.24, 2.45) is 11.8 Å². The van der Waals surface area contributed by atoms with Gasteiger partial charge in [0.15, 0.2) is 0 Å². The van der Waals surface area contributed by atoms with Crippen LogP contribution in [0, 0.1) is 17.2 Å². The third-order valence-electron chi connectivity index (χ3n) is 3.88. The predicted molar refractivity (Wildman–Crippen MR) is 85.1 cm³/mol. The van der Waals surface area contributed by atoms with E-state index >= 15 is 0 Å². The molecule has 0 heterocycles. The molecule has 1 aliphatic carbocycles. The van der Waals surface area contributed by atoms with Gasteiger partial charge in [0.1, 0.15) is 5.75 Å². The Morgan fingerprint density at radius 1 is 1.40 bits per heavy atom. The maximum absolute atomic E-state index is 7.56. The van der Waals surface area contributed by atoms with Gasteiger partial charge in [0.05, 0.1) is 6.61 Å². The molecule has 0 saturated heterocycles. The zero-order chi connectivity index (χ0) is 14.5. The molecular weight excluding hydrogens is 248 g/mol. The van der Waals surface area contributed by atoms with Crippen LogP contribution in [-0.4, -0.2) is 18.9 Å². The fourth-order valence-corrected chi connectivity index (χ4v) is 2.53. The minimum absolute atomic E-state index is 0.566. The summed E-state index contributed by atoms with van der Waals surface area (Å²) in [5, 5.41) is 11.1. The number of hydrogen-bond donors (Lipinski definition) is 2. The van der Waals surface area contributed by atoms with Crippen molar-refractivity contribution in [2.45, 2.75) is 46.1 Å². The molecule has 2 rings (SSSR count). The Bertz CT molecular complexity index is 450. The summed E-state index contributed by atoms with van der Waals surface area (Å²) in [5.74, 6) is 2.34. The number of benzene rings is 1. The highest BCUT2D eigenvalue weighted by atomic mass is 16.5. The molecule has 0 spiro atoms. The van der Waals surface area contributed by atoms with Gasteiger partial charge in [-0.25, -0.2) is 0 Å². The van der Waals surface area contributed by atoms with Gasteiger partial charge in [-0.2, -0.15) is 0 Å². The van der Waals surface area contributed by atoms with Crippen molar-refractivity contribution in [1.29, 1.82) is 5.41 Å². The number of hydrogen-bond acceptors (Lipinski definition) is 3. The summed E-state index contributed by atoms with van der Waals surface area (Å²) < 4.78 is 5.75. The van der Waals surface area contributed by atoms with Crippen LogP contribution in [0.25, 0.3) is 0 Å². The second-order valence-electron chi connectivity index (χ2n) is 6.34. The number of ether oxygens (including phenoxy) is 1. The molecule has 2 N–H and O–H groups in total. The average molecular weight is 274 g/mol.